The molecule has 0 atom stereocenters. The van der Waals surface area contributed by atoms with E-state index in [0.717, 1.165) is 0 Å². The Morgan fingerprint density at radius 2 is 0.841 bits per heavy atom. The van der Waals surface area contributed by atoms with Gasteiger partial charge in [-0.3, -0.25) is 4.31 Å². The summed E-state index contributed by atoms with van der Waals surface area (Å²) in [7, 11) is 0. The summed E-state index contributed by atoms with van der Waals surface area (Å²) in [6.45, 7) is 9.33. The smallest absolute Gasteiger partial charge is 0.0794 e. The van der Waals surface area contributed by atoms with Gasteiger partial charge in [0, 0.05) is 37.2 Å². The monoisotopic (exact) mass is 967 g/mol. The van der Waals surface area contributed by atoms with Crippen molar-refractivity contribution in [3.05, 3.63) is 165 Å². The molecule has 0 amide bonds. The van der Waals surface area contributed by atoms with Crippen molar-refractivity contribution >= 4 is 46.1 Å². The first-order valence-corrected chi connectivity index (χ1v) is 29.5. The largest absolute Gasteiger partial charge is 0.316 e. The van der Waals surface area contributed by atoms with Gasteiger partial charge in [0.1, 0.15) is 0 Å². The van der Waals surface area contributed by atoms with Crippen LogP contribution in [0.25, 0.3) is 54.4 Å². The van der Waals surface area contributed by atoms with Crippen molar-refractivity contribution in [1.82, 2.24) is 9.03 Å². The van der Waals surface area contributed by atoms with E-state index in [-0.39, 0.29) is 10.8 Å². The maximum absolute atomic E-state index is 3.54. The Hall–Kier alpha value is -4.55. The predicted octanol–water partition coefficient (Wildman–Crippen LogP) is 20.3. The number of hydrogen-bond acceptors (Lipinski definition) is 5. The van der Waals surface area contributed by atoms with Gasteiger partial charge in [0.25, 0.3) is 0 Å². The van der Waals surface area contributed by atoms with Crippen LogP contribution in [0.3, 0.4) is 0 Å². The first-order valence-electron chi connectivity index (χ1n) is 27.1. The number of nitrogens with one attached hydrogen (secondary N) is 1. The molecule has 0 fully saturated rings. The van der Waals surface area contributed by atoms with Crippen molar-refractivity contribution in [2.45, 2.75) is 167 Å². The normalized spacial score (nSPS) is 15.8. The van der Waals surface area contributed by atoms with Crippen LogP contribution in [-0.2, 0) is 10.8 Å². The van der Waals surface area contributed by atoms with Crippen LogP contribution in [-0.4, -0.2) is 4.31 Å². The van der Waals surface area contributed by atoms with E-state index in [1.165, 1.54) is 198 Å². The molecule has 2 aliphatic carbocycles. The van der Waals surface area contributed by atoms with Gasteiger partial charge in [0.2, 0.25) is 0 Å². The molecule has 4 aliphatic rings. The van der Waals surface area contributed by atoms with Gasteiger partial charge in [-0.05, 0) is 130 Å². The Morgan fingerprint density at radius 3 is 1.33 bits per heavy atom. The molecule has 0 spiro atoms. The van der Waals surface area contributed by atoms with Crippen molar-refractivity contribution < 1.29 is 0 Å². The molecule has 6 aromatic rings. The average Bonchev–Trinajstić information content (AvgIpc) is 4.25. The minimum absolute atomic E-state index is 0.0918. The van der Waals surface area contributed by atoms with Crippen molar-refractivity contribution in [2.24, 2.45) is 0 Å². The molecule has 4 aromatic carbocycles. The Balaban J connectivity index is 0.935. The number of rotatable bonds is 24. The van der Waals surface area contributed by atoms with E-state index in [4.69, 9.17) is 0 Å². The molecule has 2 aromatic heterocycles. The zero-order chi connectivity index (χ0) is 47.2. The lowest BCUT2D eigenvalue weighted by atomic mass is 9.70. The maximum Gasteiger partial charge on any atom is 0.0794 e. The second-order valence-electron chi connectivity index (χ2n) is 20.5. The quantitative estimate of drug-likeness (QED) is 0.0481. The molecule has 10 rings (SSSR count). The number of hydrogen-bond donors (Lipinski definition) is 1. The zero-order valence-electron chi connectivity index (χ0n) is 41.9. The van der Waals surface area contributed by atoms with Crippen LogP contribution in [0.1, 0.15) is 188 Å². The van der Waals surface area contributed by atoms with E-state index in [9.17, 15) is 0 Å². The third-order valence-electron chi connectivity index (χ3n) is 16.1. The summed E-state index contributed by atoms with van der Waals surface area (Å²) in [5, 5.41) is 0. The highest BCUT2D eigenvalue weighted by molar-refractivity contribution is 7.95. The highest BCUT2D eigenvalue weighted by Crippen LogP contribution is 2.57. The molecule has 0 saturated heterocycles. The van der Waals surface area contributed by atoms with Crippen molar-refractivity contribution in [2.75, 3.05) is 0 Å². The van der Waals surface area contributed by atoms with Crippen LogP contribution in [0, 0.1) is 0 Å². The molecule has 1 N–H and O–H groups in total. The number of unbranched alkanes of at least 4 members (excludes halogenated alkanes) is 12. The van der Waals surface area contributed by atoms with E-state index in [1.807, 2.05) is 22.7 Å². The molecule has 69 heavy (non-hydrogen) atoms. The van der Waals surface area contributed by atoms with Gasteiger partial charge in [-0.25, -0.2) is 0 Å². The van der Waals surface area contributed by atoms with Crippen LogP contribution < -0.4 is 4.72 Å². The zero-order valence-corrected chi connectivity index (χ0v) is 44.4. The molecule has 0 radical (unpaired) electrons. The van der Waals surface area contributed by atoms with Gasteiger partial charge in [-0.1, -0.05) is 203 Å². The van der Waals surface area contributed by atoms with E-state index in [1.54, 1.807) is 34.4 Å². The lowest BCUT2D eigenvalue weighted by molar-refractivity contribution is 0.401. The van der Waals surface area contributed by atoms with Crippen LogP contribution in [0.4, 0.5) is 0 Å². The predicted molar refractivity (Wildman–Crippen MR) is 304 cm³/mol. The van der Waals surface area contributed by atoms with Crippen molar-refractivity contribution in [1.29, 1.82) is 0 Å². The summed E-state index contributed by atoms with van der Waals surface area (Å²) in [6, 6.07) is 43.1. The lowest BCUT2D eigenvalue weighted by Crippen LogP contribution is -2.25. The number of thiophene rings is 2. The topological polar surface area (TPSA) is 15.3 Å². The van der Waals surface area contributed by atoms with E-state index in [2.05, 4.69) is 164 Å². The number of nitrogens with zero attached hydrogens (tertiary/aromatic N) is 1. The summed E-state index contributed by atoms with van der Waals surface area (Å²) in [5.41, 5.74) is 18.8. The SMILES string of the molecule is CCCCCCC1(CCCCCC)c2ccccc2-c2ccc(-c3ccc(C4=CC=C(c5ccc(-c6ccc7c(c6)C(CCCCCC)(CCCCCC)c6ccccc6-7)s5)N5SNC=C45)s3)cc21. The van der Waals surface area contributed by atoms with E-state index < -0.39 is 0 Å². The van der Waals surface area contributed by atoms with Gasteiger partial charge in [-0.2, -0.15) is 0 Å². The second-order valence-corrected chi connectivity index (χ2v) is 23.5. The van der Waals surface area contributed by atoms with E-state index >= 15 is 0 Å². The first-order chi connectivity index (χ1) is 34.0. The van der Waals surface area contributed by atoms with Crippen LogP contribution in [0.5, 0.6) is 0 Å². The Labute approximate surface area is 427 Å². The Bertz CT molecular complexity index is 2810. The standard InChI is InChI=1S/C64H74N2S3/c1-5-9-13-21-39-63(40-22-14-10-6-2)53-27-19-17-25-48(53)50-31-29-46(43-55(50)63)59-35-37-61(67-59)52-33-34-57(66-58(52)45-65-69-66)62-38-36-60(68-62)47-30-32-51-49-26-18-20-28-54(49)64(56(51)44-47,41-23-15-11-7-3)42-24-16-12-8-4/h17-20,25-38,43-45,65H,5-16,21-24,39-42H2,1-4H3. The molecule has 0 bridgehead atoms. The fourth-order valence-electron chi connectivity index (χ4n) is 12.5. The molecule has 2 aliphatic heterocycles. The number of fused-ring (bicyclic) bond motifs is 7. The van der Waals surface area contributed by atoms with Gasteiger partial charge in [-0.15, -0.1) is 22.7 Å². The minimum Gasteiger partial charge on any atom is -0.316 e. The van der Waals surface area contributed by atoms with Crippen LogP contribution in [0.15, 0.2) is 133 Å². The Morgan fingerprint density at radius 1 is 0.406 bits per heavy atom. The van der Waals surface area contributed by atoms with Gasteiger partial charge < -0.3 is 4.72 Å². The second kappa shape index (κ2) is 21.8. The van der Waals surface area contributed by atoms with Gasteiger partial charge in [0.05, 0.1) is 28.4 Å². The summed E-state index contributed by atoms with van der Waals surface area (Å²) in [5.74, 6) is 0. The van der Waals surface area contributed by atoms with Crippen molar-refractivity contribution in [3.8, 4) is 43.1 Å². The Kier molecular flexibility index (Phi) is 15.2. The molecule has 4 heterocycles. The average molecular weight is 968 g/mol. The minimum atomic E-state index is 0.0918. The highest BCUT2D eigenvalue weighted by Gasteiger charge is 2.44. The van der Waals surface area contributed by atoms with E-state index in [0.29, 0.717) is 0 Å². The van der Waals surface area contributed by atoms with Crippen molar-refractivity contribution in [3.63, 3.8) is 0 Å². The highest BCUT2D eigenvalue weighted by atomic mass is 32.2. The summed E-state index contributed by atoms with van der Waals surface area (Å²) >= 11 is 5.56. The summed E-state index contributed by atoms with van der Waals surface area (Å²) < 4.78 is 5.96. The summed E-state index contributed by atoms with van der Waals surface area (Å²) in [4.78, 5) is 5.31. The van der Waals surface area contributed by atoms with Gasteiger partial charge in [0.15, 0.2) is 0 Å². The van der Waals surface area contributed by atoms with Crippen LogP contribution in [0.2, 0.25) is 0 Å². The lowest BCUT2D eigenvalue weighted by Gasteiger charge is -2.33. The third-order valence-corrected chi connectivity index (χ3v) is 19.2. The van der Waals surface area contributed by atoms with Crippen LogP contribution >= 0.6 is 34.8 Å². The fourth-order valence-corrected chi connectivity index (χ4v) is 15.4. The molecule has 358 valence electrons. The molecular weight excluding hydrogens is 893 g/mol. The first kappa shape index (κ1) is 48.1. The maximum atomic E-state index is 3.54. The molecule has 5 heteroatoms. The molecular formula is C64H74N2S3. The summed E-state index contributed by atoms with van der Waals surface area (Å²) in [6.07, 6.45) is 32.7. The number of allylic oxidation sites excluding steroid dienone is 3. The molecule has 0 saturated carbocycles. The third kappa shape index (κ3) is 9.31. The number of benzene rings is 4. The fraction of sp³-hybridized carbons (Fsp3) is 0.406. The molecule has 2 nitrogen and oxygen atoms in total. The molecule has 0 unspecified atom stereocenters. The van der Waals surface area contributed by atoms with Gasteiger partial charge >= 0.3 is 0 Å².